The lowest BCUT2D eigenvalue weighted by Gasteiger charge is -2.30. The highest BCUT2D eigenvalue weighted by Gasteiger charge is 2.23. The Morgan fingerprint density at radius 2 is 2.07 bits per heavy atom. The minimum absolute atomic E-state index is 0.223. The summed E-state index contributed by atoms with van der Waals surface area (Å²) in [6.45, 7) is 7.77. The maximum absolute atomic E-state index is 12.1. The van der Waals surface area contributed by atoms with Gasteiger partial charge in [0.05, 0.1) is 0 Å². The molecule has 1 unspecified atom stereocenters. The number of rotatable bonds is 5. The van der Waals surface area contributed by atoms with Gasteiger partial charge in [0.15, 0.2) is 0 Å². The fourth-order valence-electron chi connectivity index (χ4n) is 2.19. The van der Waals surface area contributed by atoms with Crippen LogP contribution < -0.4 is 0 Å². The van der Waals surface area contributed by atoms with Crippen LogP contribution in [0.3, 0.4) is 0 Å². The van der Waals surface area contributed by atoms with Crippen molar-refractivity contribution in [2.24, 2.45) is 5.92 Å². The minimum atomic E-state index is 0.223. The van der Waals surface area contributed by atoms with E-state index < -0.39 is 0 Å². The van der Waals surface area contributed by atoms with Crippen LogP contribution >= 0.6 is 0 Å². The molecule has 86 valence electrons. The van der Waals surface area contributed by atoms with E-state index in [4.69, 9.17) is 0 Å². The Hall–Kier alpha value is -0.790. The minimum Gasteiger partial charge on any atom is -0.342 e. The molecule has 0 aromatic carbocycles. The third-order valence-corrected chi connectivity index (χ3v) is 3.23. The molecule has 0 saturated carbocycles. The Labute approximate surface area is 93.3 Å². The molecule has 0 N–H and O–H groups in total. The molecular formula is C13H23NO. The summed E-state index contributed by atoms with van der Waals surface area (Å²) in [5.41, 5.74) is 0. The van der Waals surface area contributed by atoms with Crippen molar-refractivity contribution in [3.63, 3.8) is 0 Å². The largest absolute Gasteiger partial charge is 0.342 e. The fraction of sp³-hybridized carbons (Fsp3) is 0.769. The average Bonchev–Trinajstić information content (AvgIpc) is 2.31. The molecule has 1 saturated heterocycles. The van der Waals surface area contributed by atoms with Gasteiger partial charge in [-0.1, -0.05) is 13.0 Å². The number of likely N-dealkylation sites (tertiary alicyclic amines) is 1. The van der Waals surface area contributed by atoms with Crippen molar-refractivity contribution in [3.8, 4) is 0 Å². The van der Waals surface area contributed by atoms with Crippen molar-refractivity contribution in [1.82, 2.24) is 4.90 Å². The van der Waals surface area contributed by atoms with Gasteiger partial charge in [0.1, 0.15) is 0 Å². The second-order valence-electron chi connectivity index (χ2n) is 4.36. The third kappa shape index (κ3) is 3.69. The molecule has 2 nitrogen and oxygen atoms in total. The van der Waals surface area contributed by atoms with Crippen molar-refractivity contribution in [2.75, 3.05) is 13.1 Å². The topological polar surface area (TPSA) is 20.3 Å². The lowest BCUT2D eigenvalue weighted by atomic mass is 9.97. The number of piperidine rings is 1. The summed E-state index contributed by atoms with van der Waals surface area (Å²) in [5.74, 6) is 0.597. The maximum Gasteiger partial charge on any atom is 0.225 e. The SMILES string of the molecule is C=CCCC(CC)C(=O)N1CCCCC1. The van der Waals surface area contributed by atoms with E-state index in [1.165, 1.54) is 19.3 Å². The number of nitrogens with zero attached hydrogens (tertiary/aromatic N) is 1. The first-order valence-electron chi connectivity index (χ1n) is 6.19. The Bertz CT molecular complexity index is 207. The molecule has 1 fully saturated rings. The number of hydrogen-bond acceptors (Lipinski definition) is 1. The maximum atomic E-state index is 12.1. The van der Waals surface area contributed by atoms with Crippen LogP contribution in [0.5, 0.6) is 0 Å². The highest BCUT2D eigenvalue weighted by atomic mass is 16.2. The van der Waals surface area contributed by atoms with E-state index in [-0.39, 0.29) is 5.92 Å². The van der Waals surface area contributed by atoms with Crippen molar-refractivity contribution < 1.29 is 4.79 Å². The van der Waals surface area contributed by atoms with Crippen LogP contribution in [0.25, 0.3) is 0 Å². The molecule has 1 heterocycles. The van der Waals surface area contributed by atoms with Gasteiger partial charge in [0.2, 0.25) is 5.91 Å². The zero-order chi connectivity index (χ0) is 11.1. The van der Waals surface area contributed by atoms with Gasteiger partial charge in [-0.25, -0.2) is 0 Å². The molecule has 2 heteroatoms. The molecule has 1 atom stereocenters. The quantitative estimate of drug-likeness (QED) is 0.637. The first kappa shape index (κ1) is 12.3. The van der Waals surface area contributed by atoms with Gasteiger partial charge >= 0.3 is 0 Å². The summed E-state index contributed by atoms with van der Waals surface area (Å²) in [6.07, 6.45) is 8.45. The molecule has 15 heavy (non-hydrogen) atoms. The van der Waals surface area contributed by atoms with Crippen LogP contribution in [0.2, 0.25) is 0 Å². The predicted molar refractivity (Wildman–Crippen MR) is 63.6 cm³/mol. The van der Waals surface area contributed by atoms with Crippen molar-refractivity contribution >= 4 is 5.91 Å². The zero-order valence-electron chi connectivity index (χ0n) is 9.87. The monoisotopic (exact) mass is 209 g/mol. The van der Waals surface area contributed by atoms with Crippen LogP contribution in [-0.2, 0) is 4.79 Å². The van der Waals surface area contributed by atoms with Crippen LogP contribution in [0.4, 0.5) is 0 Å². The summed E-state index contributed by atoms with van der Waals surface area (Å²) in [6, 6.07) is 0. The van der Waals surface area contributed by atoms with Crippen LogP contribution in [0, 0.1) is 5.92 Å². The first-order valence-corrected chi connectivity index (χ1v) is 6.19. The summed E-state index contributed by atoms with van der Waals surface area (Å²) in [7, 11) is 0. The van der Waals surface area contributed by atoms with Crippen molar-refractivity contribution in [1.29, 1.82) is 0 Å². The summed E-state index contributed by atoms with van der Waals surface area (Å²) < 4.78 is 0. The fourth-order valence-corrected chi connectivity index (χ4v) is 2.19. The normalized spacial score (nSPS) is 18.6. The van der Waals surface area contributed by atoms with Crippen LogP contribution in [0.1, 0.15) is 45.4 Å². The number of carbonyl (C=O) groups excluding carboxylic acids is 1. The Morgan fingerprint density at radius 1 is 1.40 bits per heavy atom. The van der Waals surface area contributed by atoms with Gasteiger partial charge in [-0.2, -0.15) is 0 Å². The van der Waals surface area contributed by atoms with E-state index in [1.807, 2.05) is 6.08 Å². The van der Waals surface area contributed by atoms with E-state index in [2.05, 4.69) is 18.4 Å². The van der Waals surface area contributed by atoms with E-state index in [9.17, 15) is 4.79 Å². The van der Waals surface area contributed by atoms with Crippen LogP contribution in [0.15, 0.2) is 12.7 Å². The number of hydrogen-bond donors (Lipinski definition) is 0. The predicted octanol–water partition coefficient (Wildman–Crippen LogP) is 2.99. The summed E-state index contributed by atoms with van der Waals surface area (Å²) in [5, 5.41) is 0. The van der Waals surface area contributed by atoms with E-state index in [0.29, 0.717) is 5.91 Å². The summed E-state index contributed by atoms with van der Waals surface area (Å²) in [4.78, 5) is 14.2. The molecule has 1 rings (SSSR count). The highest BCUT2D eigenvalue weighted by Crippen LogP contribution is 2.18. The van der Waals surface area contributed by atoms with E-state index in [1.54, 1.807) is 0 Å². The Morgan fingerprint density at radius 3 is 2.60 bits per heavy atom. The zero-order valence-corrected chi connectivity index (χ0v) is 9.87. The van der Waals surface area contributed by atoms with Crippen molar-refractivity contribution in [2.45, 2.75) is 45.4 Å². The molecule has 1 aliphatic rings. The molecule has 0 aromatic rings. The average molecular weight is 209 g/mol. The molecule has 1 aliphatic heterocycles. The molecule has 0 spiro atoms. The standard InChI is InChI=1S/C13H23NO/c1-3-5-9-12(4-2)13(15)14-10-7-6-8-11-14/h3,12H,1,4-11H2,2H3. The van der Waals surface area contributed by atoms with Gasteiger partial charge < -0.3 is 4.90 Å². The molecular weight excluding hydrogens is 186 g/mol. The van der Waals surface area contributed by atoms with Gasteiger partial charge in [0.25, 0.3) is 0 Å². The van der Waals surface area contributed by atoms with Crippen LogP contribution in [-0.4, -0.2) is 23.9 Å². The van der Waals surface area contributed by atoms with Gasteiger partial charge in [-0.15, -0.1) is 6.58 Å². The molecule has 0 aromatic heterocycles. The Kier molecular flexibility index (Phi) is 5.44. The Balaban J connectivity index is 2.43. The first-order chi connectivity index (χ1) is 7.29. The second-order valence-corrected chi connectivity index (χ2v) is 4.36. The molecule has 0 bridgehead atoms. The van der Waals surface area contributed by atoms with Gasteiger partial charge in [0, 0.05) is 19.0 Å². The smallest absolute Gasteiger partial charge is 0.225 e. The highest BCUT2D eigenvalue weighted by molar-refractivity contribution is 5.78. The molecule has 0 aliphatic carbocycles. The number of carbonyl (C=O) groups is 1. The lowest BCUT2D eigenvalue weighted by Crippen LogP contribution is -2.39. The molecule has 0 radical (unpaired) electrons. The van der Waals surface area contributed by atoms with E-state index in [0.717, 1.165) is 32.4 Å². The number of allylic oxidation sites excluding steroid dienone is 1. The summed E-state index contributed by atoms with van der Waals surface area (Å²) >= 11 is 0. The number of amides is 1. The van der Waals surface area contributed by atoms with E-state index >= 15 is 0 Å². The lowest BCUT2D eigenvalue weighted by molar-refractivity contribution is -0.136. The van der Waals surface area contributed by atoms with Crippen molar-refractivity contribution in [3.05, 3.63) is 12.7 Å². The third-order valence-electron chi connectivity index (χ3n) is 3.23. The van der Waals surface area contributed by atoms with Gasteiger partial charge in [-0.3, -0.25) is 4.79 Å². The van der Waals surface area contributed by atoms with Gasteiger partial charge in [-0.05, 0) is 38.5 Å². The second kappa shape index (κ2) is 6.65. The molecule has 1 amide bonds.